The molecule has 0 aliphatic heterocycles. The van der Waals surface area contributed by atoms with Gasteiger partial charge in [0.1, 0.15) is 0 Å². The third-order valence-electron chi connectivity index (χ3n) is 11.4. The van der Waals surface area contributed by atoms with E-state index in [0.717, 1.165) is 10.5 Å². The fourth-order valence-electron chi connectivity index (χ4n) is 7.73. The molecule has 0 aromatic rings. The van der Waals surface area contributed by atoms with Gasteiger partial charge >= 0.3 is 0 Å². The second-order valence-electron chi connectivity index (χ2n) is 16.6. The van der Waals surface area contributed by atoms with Crippen LogP contribution >= 0.6 is 11.6 Å². The summed E-state index contributed by atoms with van der Waals surface area (Å²) < 4.78 is 1.08. The molecule has 0 saturated carbocycles. The van der Waals surface area contributed by atoms with E-state index >= 15 is 0 Å². The van der Waals surface area contributed by atoms with Crippen LogP contribution in [-0.4, -0.2) is 30.6 Å². The molecule has 0 aliphatic rings. The molecule has 0 atom stereocenters. The summed E-state index contributed by atoms with van der Waals surface area (Å²) in [6, 6.07) is 0.790. The second kappa shape index (κ2) is 44.7. The molecule has 0 rings (SSSR count). The van der Waals surface area contributed by atoms with Gasteiger partial charge in [-0.2, -0.15) is 0 Å². The summed E-state index contributed by atoms with van der Waals surface area (Å²) in [7, 11) is 2.40. The molecule has 0 aromatic carbocycles. The smallest absolute Gasteiger partial charge is 0.154 e. The van der Waals surface area contributed by atoms with Gasteiger partial charge in [0.05, 0.1) is 20.1 Å². The quantitative estimate of drug-likeness (QED) is 0.0253. The third kappa shape index (κ3) is 42.8. The van der Waals surface area contributed by atoms with Crippen molar-refractivity contribution in [2.24, 2.45) is 0 Å². The molecule has 298 valence electrons. The normalized spacial score (nSPS) is 11.8. The fourth-order valence-corrected chi connectivity index (χ4v) is 7.97. The van der Waals surface area contributed by atoms with Crippen molar-refractivity contribution in [1.29, 1.82) is 0 Å². The Hall–Kier alpha value is 0.540. The van der Waals surface area contributed by atoms with Crippen LogP contribution in [0.4, 0.5) is 0 Å². The Kier molecular flexibility index (Phi) is 47.1. The van der Waals surface area contributed by atoms with E-state index in [0.29, 0.717) is 0 Å². The van der Waals surface area contributed by atoms with E-state index in [1.54, 1.807) is 0 Å². The lowest BCUT2D eigenvalue weighted by molar-refractivity contribution is -0.899. The molecule has 0 aromatic heterocycles. The van der Waals surface area contributed by atoms with Crippen LogP contribution in [0.25, 0.3) is 0 Å². The lowest BCUT2D eigenvalue weighted by atomic mass is 10.0. The molecular formula is C46H95Cl2N. The van der Waals surface area contributed by atoms with Crippen LogP contribution in [0.3, 0.4) is 0 Å². The molecule has 0 heterocycles. The monoisotopic (exact) mass is 732 g/mol. The number of halogens is 2. The van der Waals surface area contributed by atoms with Gasteiger partial charge in [0, 0.05) is 0 Å². The van der Waals surface area contributed by atoms with Crippen molar-refractivity contribution >= 4 is 11.6 Å². The van der Waals surface area contributed by atoms with E-state index in [1.807, 2.05) is 0 Å². The first-order chi connectivity index (χ1) is 23.7. The predicted molar refractivity (Wildman–Crippen MR) is 223 cm³/mol. The maximum absolute atomic E-state index is 6.46. The maximum Gasteiger partial charge on any atom is 0.154 e. The number of hydrogen-bond donors (Lipinski definition) is 0. The Morgan fingerprint density at radius 2 is 0.408 bits per heavy atom. The van der Waals surface area contributed by atoms with Gasteiger partial charge in [0.15, 0.2) is 6.00 Å². The molecular weight excluding hydrogens is 637 g/mol. The summed E-state index contributed by atoms with van der Waals surface area (Å²) >= 11 is 6.46. The lowest BCUT2D eigenvalue weighted by Gasteiger charge is -2.32. The fraction of sp³-hybridized carbons (Fsp3) is 1.00. The topological polar surface area (TPSA) is 0 Å². The zero-order chi connectivity index (χ0) is 34.9. The van der Waals surface area contributed by atoms with E-state index < -0.39 is 0 Å². The van der Waals surface area contributed by atoms with Crippen molar-refractivity contribution in [3.05, 3.63) is 0 Å². The maximum atomic E-state index is 6.46. The van der Waals surface area contributed by atoms with Gasteiger partial charge < -0.3 is 16.9 Å². The Bertz CT molecular complexity index is 523. The van der Waals surface area contributed by atoms with Gasteiger partial charge in [-0.1, -0.05) is 257 Å². The number of rotatable bonds is 43. The number of hydrogen-bond acceptors (Lipinski definition) is 0. The molecule has 0 spiro atoms. The van der Waals surface area contributed by atoms with Crippen LogP contribution in [-0.2, 0) is 0 Å². The molecule has 3 heteroatoms. The number of quaternary nitrogens is 1. The molecule has 0 fully saturated rings. The summed E-state index contributed by atoms with van der Waals surface area (Å²) in [5, 5.41) is 0. The van der Waals surface area contributed by atoms with E-state index in [2.05, 4.69) is 20.9 Å². The van der Waals surface area contributed by atoms with Crippen LogP contribution < -0.4 is 12.4 Å². The van der Waals surface area contributed by atoms with E-state index in [4.69, 9.17) is 11.6 Å². The van der Waals surface area contributed by atoms with Crippen LogP contribution in [0.15, 0.2) is 0 Å². The minimum absolute atomic E-state index is 0. The zero-order valence-electron chi connectivity index (χ0n) is 34.6. The van der Waals surface area contributed by atoms with Crippen LogP contribution in [0, 0.1) is 0 Å². The average Bonchev–Trinajstić information content (AvgIpc) is 3.10. The largest absolute Gasteiger partial charge is 1.00 e. The SMILES string of the molecule is CCCCCCCCCCCCCCCCCCCCCC[N+](C)(CCl)CCCCCCCCCCCCCCCCCCCCCC.[Cl-]. The third-order valence-corrected chi connectivity index (χ3v) is 12.0. The van der Waals surface area contributed by atoms with Gasteiger partial charge in [-0.05, 0) is 25.7 Å². The summed E-state index contributed by atoms with van der Waals surface area (Å²) in [4.78, 5) is 0. The van der Waals surface area contributed by atoms with Gasteiger partial charge in [-0.25, -0.2) is 0 Å². The molecule has 0 bridgehead atoms. The highest BCUT2D eigenvalue weighted by molar-refractivity contribution is 6.16. The first-order valence-corrected chi connectivity index (χ1v) is 23.6. The summed E-state index contributed by atoms with van der Waals surface area (Å²) in [5.41, 5.74) is 0. The molecule has 0 N–H and O–H groups in total. The molecule has 0 saturated heterocycles. The molecule has 0 radical (unpaired) electrons. The minimum Gasteiger partial charge on any atom is -1.00 e. The van der Waals surface area contributed by atoms with Gasteiger partial charge in [0.2, 0.25) is 0 Å². The lowest BCUT2D eigenvalue weighted by Crippen LogP contribution is -3.00. The van der Waals surface area contributed by atoms with Crippen molar-refractivity contribution in [3.63, 3.8) is 0 Å². The Morgan fingerprint density at radius 1 is 0.265 bits per heavy atom. The van der Waals surface area contributed by atoms with Crippen LogP contribution in [0.2, 0.25) is 0 Å². The van der Waals surface area contributed by atoms with Gasteiger partial charge in [0.25, 0.3) is 0 Å². The molecule has 0 aliphatic carbocycles. The number of nitrogens with zero attached hydrogens (tertiary/aromatic N) is 1. The van der Waals surface area contributed by atoms with Crippen molar-refractivity contribution < 1.29 is 16.9 Å². The second-order valence-corrected chi connectivity index (χ2v) is 16.9. The first-order valence-electron chi connectivity index (χ1n) is 23.1. The highest BCUT2D eigenvalue weighted by Crippen LogP contribution is 2.18. The van der Waals surface area contributed by atoms with Crippen molar-refractivity contribution in [2.75, 3.05) is 26.1 Å². The number of unbranched alkanes of at least 4 members (excludes halogenated alkanes) is 38. The molecule has 49 heavy (non-hydrogen) atoms. The van der Waals surface area contributed by atoms with Gasteiger partial charge in [-0.3, -0.25) is 0 Å². The molecule has 0 amide bonds. The van der Waals surface area contributed by atoms with Crippen molar-refractivity contribution in [2.45, 2.75) is 271 Å². The first kappa shape index (κ1) is 51.6. The summed E-state index contributed by atoms with van der Waals surface area (Å²) in [6.45, 7) is 7.18. The van der Waals surface area contributed by atoms with Crippen molar-refractivity contribution in [1.82, 2.24) is 0 Å². The van der Waals surface area contributed by atoms with E-state index in [9.17, 15) is 0 Å². The Balaban J connectivity index is 0. The standard InChI is InChI=1S/C46H95ClN.ClH/c1-4-6-8-10-12-14-16-18-20-22-24-26-28-30-32-34-36-38-40-42-44-48(3,46-47)45-43-41-39-37-35-33-31-29-27-25-23-21-19-17-15-13-11-9-7-5-2;/h4-46H2,1-3H3;1H/q+1;/p-1. The van der Waals surface area contributed by atoms with E-state index in [1.165, 1.54) is 270 Å². The van der Waals surface area contributed by atoms with E-state index in [-0.39, 0.29) is 12.4 Å². The zero-order valence-corrected chi connectivity index (χ0v) is 36.1. The number of alkyl halides is 1. The highest BCUT2D eigenvalue weighted by Gasteiger charge is 2.18. The minimum atomic E-state index is 0. The predicted octanol–water partition coefficient (Wildman–Crippen LogP) is 14.3. The molecule has 0 unspecified atom stereocenters. The van der Waals surface area contributed by atoms with Crippen molar-refractivity contribution in [3.8, 4) is 0 Å². The summed E-state index contributed by atoms with van der Waals surface area (Å²) in [5.74, 6) is 0. The van der Waals surface area contributed by atoms with Crippen LogP contribution in [0.5, 0.6) is 0 Å². The summed E-state index contributed by atoms with van der Waals surface area (Å²) in [6.07, 6.45) is 58.2. The Labute approximate surface area is 324 Å². The molecule has 1 nitrogen and oxygen atoms in total. The van der Waals surface area contributed by atoms with Crippen LogP contribution in [0.1, 0.15) is 271 Å². The van der Waals surface area contributed by atoms with Gasteiger partial charge in [-0.15, -0.1) is 0 Å². The Morgan fingerprint density at radius 3 is 0.551 bits per heavy atom. The highest BCUT2D eigenvalue weighted by atomic mass is 35.5. The average molecular weight is 733 g/mol.